The van der Waals surface area contributed by atoms with Crippen LogP contribution in [0.15, 0.2) is 35.4 Å². The van der Waals surface area contributed by atoms with Gasteiger partial charge in [-0.25, -0.2) is 4.98 Å². The number of carbonyl (C=O) groups is 2. The third-order valence-corrected chi connectivity index (χ3v) is 5.50. The van der Waals surface area contributed by atoms with Crippen molar-refractivity contribution in [2.24, 2.45) is 5.92 Å². The van der Waals surface area contributed by atoms with Crippen molar-refractivity contribution >= 4 is 34.5 Å². The van der Waals surface area contributed by atoms with Gasteiger partial charge >= 0.3 is 0 Å². The summed E-state index contributed by atoms with van der Waals surface area (Å²) in [6.45, 7) is 6.16. The minimum atomic E-state index is -0.0640. The van der Waals surface area contributed by atoms with Gasteiger partial charge in [0, 0.05) is 17.5 Å². The minimum absolute atomic E-state index is 0.0184. The number of rotatable bonds is 7. The summed E-state index contributed by atoms with van der Waals surface area (Å²) in [5.41, 5.74) is 1.40. The summed E-state index contributed by atoms with van der Waals surface area (Å²) < 4.78 is 0. The second-order valence-corrected chi connectivity index (χ2v) is 8.16. The van der Waals surface area contributed by atoms with E-state index in [9.17, 15) is 9.59 Å². The molecular weight excluding hydrogens is 346 g/mol. The molecule has 0 saturated heterocycles. The molecule has 138 valence electrons. The standard InChI is InChI=1S/C20H25N3O2S/c1-12(2)13(3)21-18(24)11-26-19-10-16(20(25)22-14-8-9-14)15-6-4-5-7-17(15)23-19/h4-7,10,12-14H,8-9,11H2,1-3H3,(H,21,24)(H,22,25)/t13-/m0/s1. The normalized spacial score (nSPS) is 15.1. The summed E-state index contributed by atoms with van der Waals surface area (Å²) in [5, 5.41) is 7.56. The Labute approximate surface area is 158 Å². The van der Waals surface area contributed by atoms with Gasteiger partial charge in [0.1, 0.15) is 0 Å². The summed E-state index contributed by atoms with van der Waals surface area (Å²) >= 11 is 1.36. The molecule has 0 spiro atoms. The lowest BCUT2D eigenvalue weighted by Crippen LogP contribution is -2.37. The predicted molar refractivity (Wildman–Crippen MR) is 105 cm³/mol. The number of benzene rings is 1. The lowest BCUT2D eigenvalue weighted by atomic mass is 10.1. The molecule has 2 N–H and O–H groups in total. The van der Waals surface area contributed by atoms with Crippen LogP contribution in [0.4, 0.5) is 0 Å². The quantitative estimate of drug-likeness (QED) is 0.732. The molecule has 0 bridgehead atoms. The number of aromatic nitrogens is 1. The van der Waals surface area contributed by atoms with Gasteiger partial charge in [0.05, 0.1) is 21.9 Å². The van der Waals surface area contributed by atoms with Gasteiger partial charge in [-0.2, -0.15) is 0 Å². The van der Waals surface area contributed by atoms with Crippen molar-refractivity contribution in [2.75, 3.05) is 5.75 Å². The van der Waals surface area contributed by atoms with Crippen LogP contribution in [0.5, 0.6) is 0 Å². The second kappa shape index (κ2) is 8.08. The van der Waals surface area contributed by atoms with Crippen molar-refractivity contribution < 1.29 is 9.59 Å². The molecule has 1 aliphatic carbocycles. The highest BCUT2D eigenvalue weighted by Crippen LogP contribution is 2.26. The van der Waals surface area contributed by atoms with Crippen molar-refractivity contribution in [3.8, 4) is 0 Å². The maximum absolute atomic E-state index is 12.6. The Hall–Kier alpha value is -2.08. The van der Waals surface area contributed by atoms with Crippen molar-refractivity contribution in [2.45, 2.75) is 50.7 Å². The highest BCUT2D eigenvalue weighted by molar-refractivity contribution is 7.99. The lowest BCUT2D eigenvalue weighted by Gasteiger charge is -2.17. The van der Waals surface area contributed by atoms with E-state index < -0.39 is 0 Å². The average molecular weight is 372 g/mol. The molecule has 1 saturated carbocycles. The predicted octanol–water partition coefficient (Wildman–Crippen LogP) is 3.38. The van der Waals surface area contributed by atoms with E-state index >= 15 is 0 Å². The van der Waals surface area contributed by atoms with Gasteiger partial charge in [-0.1, -0.05) is 43.8 Å². The Morgan fingerprint density at radius 3 is 2.65 bits per heavy atom. The number of carbonyl (C=O) groups excluding carboxylic acids is 2. The maximum atomic E-state index is 12.6. The second-order valence-electron chi connectivity index (χ2n) is 7.16. The van der Waals surface area contributed by atoms with Crippen molar-refractivity contribution in [3.05, 3.63) is 35.9 Å². The van der Waals surface area contributed by atoms with Crippen molar-refractivity contribution in [1.29, 1.82) is 0 Å². The first-order valence-electron chi connectivity index (χ1n) is 9.07. The smallest absolute Gasteiger partial charge is 0.252 e. The van der Waals surface area contributed by atoms with Gasteiger partial charge in [-0.15, -0.1) is 0 Å². The Bertz CT molecular complexity index is 818. The molecule has 0 radical (unpaired) electrons. The summed E-state index contributed by atoms with van der Waals surface area (Å²) in [7, 11) is 0. The zero-order valence-corrected chi connectivity index (χ0v) is 16.2. The maximum Gasteiger partial charge on any atom is 0.252 e. The number of pyridine rings is 1. The van der Waals surface area contributed by atoms with Gasteiger partial charge in [0.15, 0.2) is 0 Å². The highest BCUT2D eigenvalue weighted by atomic mass is 32.2. The van der Waals surface area contributed by atoms with E-state index in [1.54, 1.807) is 6.07 Å². The van der Waals surface area contributed by atoms with Crippen LogP contribution in [0, 0.1) is 5.92 Å². The number of hydrogen-bond acceptors (Lipinski definition) is 4. The molecule has 5 nitrogen and oxygen atoms in total. The van der Waals surface area contributed by atoms with Crippen LogP contribution in [-0.2, 0) is 4.79 Å². The lowest BCUT2D eigenvalue weighted by molar-refractivity contribution is -0.119. The molecular formula is C20H25N3O2S. The van der Waals surface area contributed by atoms with Crippen LogP contribution >= 0.6 is 11.8 Å². The Morgan fingerprint density at radius 1 is 1.23 bits per heavy atom. The molecule has 1 atom stereocenters. The van der Waals surface area contributed by atoms with Gasteiger partial charge in [0.25, 0.3) is 5.91 Å². The fourth-order valence-corrected chi connectivity index (χ4v) is 3.23. The summed E-state index contributed by atoms with van der Waals surface area (Å²) in [6.07, 6.45) is 2.09. The fourth-order valence-electron chi connectivity index (χ4n) is 2.51. The molecule has 1 aromatic heterocycles. The number of fused-ring (bicyclic) bond motifs is 1. The molecule has 1 aromatic carbocycles. The zero-order chi connectivity index (χ0) is 18.7. The Balaban J connectivity index is 1.75. The monoisotopic (exact) mass is 371 g/mol. The molecule has 3 rings (SSSR count). The van der Waals surface area contributed by atoms with E-state index in [0.717, 1.165) is 23.7 Å². The first-order chi connectivity index (χ1) is 12.4. The average Bonchev–Trinajstić information content (AvgIpc) is 3.43. The summed E-state index contributed by atoms with van der Waals surface area (Å²) in [6, 6.07) is 9.85. The third-order valence-electron chi connectivity index (χ3n) is 4.59. The topological polar surface area (TPSA) is 71.1 Å². The van der Waals surface area contributed by atoms with Crippen LogP contribution in [0.3, 0.4) is 0 Å². The van der Waals surface area contributed by atoms with E-state index in [1.165, 1.54) is 11.8 Å². The first kappa shape index (κ1) is 18.7. The molecule has 1 heterocycles. The Morgan fingerprint density at radius 2 is 1.96 bits per heavy atom. The summed E-state index contributed by atoms with van der Waals surface area (Å²) in [4.78, 5) is 29.3. The Kier molecular flexibility index (Phi) is 5.81. The van der Waals surface area contributed by atoms with Gasteiger partial charge < -0.3 is 10.6 Å². The number of hydrogen-bond donors (Lipinski definition) is 2. The number of para-hydroxylation sites is 1. The zero-order valence-electron chi connectivity index (χ0n) is 15.4. The van der Waals surface area contributed by atoms with Gasteiger partial charge in [-0.3, -0.25) is 9.59 Å². The van der Waals surface area contributed by atoms with Crippen LogP contribution in [0.2, 0.25) is 0 Å². The van der Waals surface area contributed by atoms with Crippen LogP contribution < -0.4 is 10.6 Å². The molecule has 2 aromatic rings. The molecule has 1 aliphatic rings. The molecule has 0 unspecified atom stereocenters. The minimum Gasteiger partial charge on any atom is -0.353 e. The molecule has 26 heavy (non-hydrogen) atoms. The van der Waals surface area contributed by atoms with E-state index in [4.69, 9.17) is 0 Å². The largest absolute Gasteiger partial charge is 0.353 e. The van der Waals surface area contributed by atoms with E-state index in [2.05, 4.69) is 29.5 Å². The van der Waals surface area contributed by atoms with E-state index in [1.807, 2.05) is 31.2 Å². The van der Waals surface area contributed by atoms with Crippen LogP contribution in [-0.4, -0.2) is 34.6 Å². The van der Waals surface area contributed by atoms with Crippen molar-refractivity contribution in [1.82, 2.24) is 15.6 Å². The third kappa shape index (κ3) is 4.75. The molecule has 2 amide bonds. The molecule has 6 heteroatoms. The van der Waals surface area contributed by atoms with Crippen molar-refractivity contribution in [3.63, 3.8) is 0 Å². The number of nitrogens with one attached hydrogen (secondary N) is 2. The first-order valence-corrected chi connectivity index (χ1v) is 10.1. The van der Waals surface area contributed by atoms with Crippen LogP contribution in [0.25, 0.3) is 10.9 Å². The van der Waals surface area contributed by atoms with Gasteiger partial charge in [-0.05, 0) is 37.8 Å². The van der Waals surface area contributed by atoms with Crippen LogP contribution in [0.1, 0.15) is 44.0 Å². The van der Waals surface area contributed by atoms with Gasteiger partial charge in [0.2, 0.25) is 5.91 Å². The summed E-state index contributed by atoms with van der Waals surface area (Å²) in [5.74, 6) is 0.591. The number of nitrogens with zero attached hydrogens (tertiary/aromatic N) is 1. The molecule has 1 fully saturated rings. The van der Waals surface area contributed by atoms with E-state index in [-0.39, 0.29) is 23.6 Å². The SMILES string of the molecule is CC(C)[C@H](C)NC(=O)CSc1cc(C(=O)NC2CC2)c2ccccc2n1. The number of thioether (sulfide) groups is 1. The number of amides is 2. The highest BCUT2D eigenvalue weighted by Gasteiger charge is 2.25. The van der Waals surface area contributed by atoms with E-state index in [0.29, 0.717) is 22.5 Å². The fraction of sp³-hybridized carbons (Fsp3) is 0.450. The molecule has 0 aliphatic heterocycles.